The number of nitriles is 1. The molecule has 1 N–H and O–H groups in total. The molecular formula is C11H12N2O. The van der Waals surface area contributed by atoms with Crippen molar-refractivity contribution in [1.82, 2.24) is 5.32 Å². The summed E-state index contributed by atoms with van der Waals surface area (Å²) >= 11 is 0. The lowest BCUT2D eigenvalue weighted by atomic mass is 10.0. The van der Waals surface area contributed by atoms with Gasteiger partial charge in [0.15, 0.2) is 0 Å². The van der Waals surface area contributed by atoms with Gasteiger partial charge in [-0.05, 0) is 6.07 Å². The minimum atomic E-state index is 0.264. The van der Waals surface area contributed by atoms with Crippen LogP contribution in [-0.2, 0) is 0 Å². The number of benzene rings is 1. The molecule has 3 nitrogen and oxygen atoms in total. The zero-order valence-electron chi connectivity index (χ0n) is 7.86. The summed E-state index contributed by atoms with van der Waals surface area (Å²) in [5.41, 5.74) is 1.16. The fourth-order valence-electron chi connectivity index (χ4n) is 1.72. The van der Waals surface area contributed by atoms with Gasteiger partial charge in [-0.1, -0.05) is 18.2 Å². The van der Waals surface area contributed by atoms with Crippen molar-refractivity contribution in [2.75, 3.05) is 13.2 Å². The van der Waals surface area contributed by atoms with Gasteiger partial charge in [0, 0.05) is 18.0 Å². The lowest BCUT2D eigenvalue weighted by Crippen LogP contribution is -2.27. The van der Waals surface area contributed by atoms with Gasteiger partial charge in [-0.15, -0.1) is 0 Å². The highest BCUT2D eigenvalue weighted by atomic mass is 16.5. The third-order valence-electron chi connectivity index (χ3n) is 2.39. The summed E-state index contributed by atoms with van der Waals surface area (Å²) in [5, 5.41) is 11.7. The van der Waals surface area contributed by atoms with E-state index in [0.29, 0.717) is 6.54 Å². The quantitative estimate of drug-likeness (QED) is 0.717. The van der Waals surface area contributed by atoms with Gasteiger partial charge in [0.25, 0.3) is 0 Å². The van der Waals surface area contributed by atoms with Crippen LogP contribution in [0.5, 0.6) is 5.75 Å². The smallest absolute Gasteiger partial charge is 0.124 e. The lowest BCUT2D eigenvalue weighted by molar-refractivity contribution is 0.255. The molecule has 0 radical (unpaired) electrons. The average molecular weight is 188 g/mol. The second kappa shape index (κ2) is 4.12. The maximum absolute atomic E-state index is 8.50. The van der Waals surface area contributed by atoms with Gasteiger partial charge in [0.2, 0.25) is 0 Å². The predicted octanol–water partition coefficient (Wildman–Crippen LogP) is 1.62. The first-order valence-corrected chi connectivity index (χ1v) is 4.74. The molecular weight excluding hydrogens is 176 g/mol. The Morgan fingerprint density at radius 1 is 1.50 bits per heavy atom. The molecule has 0 saturated heterocycles. The number of ether oxygens (including phenoxy) is 1. The van der Waals surface area contributed by atoms with E-state index in [9.17, 15) is 0 Å². The molecule has 0 spiro atoms. The van der Waals surface area contributed by atoms with Crippen molar-refractivity contribution in [3.8, 4) is 11.8 Å². The molecule has 1 aliphatic rings. The number of fused-ring (bicyclic) bond motifs is 1. The Balaban J connectivity index is 2.18. The zero-order chi connectivity index (χ0) is 9.80. The van der Waals surface area contributed by atoms with E-state index >= 15 is 0 Å². The molecule has 0 bridgehead atoms. The lowest BCUT2D eigenvalue weighted by Gasteiger charge is -2.25. The maximum atomic E-state index is 8.50. The first-order chi connectivity index (χ1) is 6.92. The van der Waals surface area contributed by atoms with E-state index in [2.05, 4.69) is 11.4 Å². The van der Waals surface area contributed by atoms with Gasteiger partial charge in [0.05, 0.1) is 19.2 Å². The Kier molecular flexibility index (Phi) is 2.66. The number of para-hydroxylation sites is 1. The van der Waals surface area contributed by atoms with Crippen molar-refractivity contribution in [1.29, 1.82) is 5.26 Å². The van der Waals surface area contributed by atoms with Crippen LogP contribution in [0.4, 0.5) is 0 Å². The second-order valence-electron chi connectivity index (χ2n) is 3.27. The molecule has 1 unspecified atom stereocenters. The molecule has 1 atom stereocenters. The van der Waals surface area contributed by atoms with Gasteiger partial charge in [-0.2, -0.15) is 5.26 Å². The number of rotatable bonds is 2. The number of hydrogen-bond donors (Lipinski definition) is 1. The van der Waals surface area contributed by atoms with E-state index in [0.717, 1.165) is 24.3 Å². The van der Waals surface area contributed by atoms with Gasteiger partial charge in [-0.3, -0.25) is 5.32 Å². The summed E-state index contributed by atoms with van der Waals surface area (Å²) < 4.78 is 5.51. The van der Waals surface area contributed by atoms with Crippen molar-refractivity contribution in [2.45, 2.75) is 12.5 Å². The molecule has 0 aliphatic carbocycles. The van der Waals surface area contributed by atoms with Crippen LogP contribution >= 0.6 is 0 Å². The molecule has 1 heterocycles. The Morgan fingerprint density at radius 3 is 3.21 bits per heavy atom. The van der Waals surface area contributed by atoms with Crippen LogP contribution in [-0.4, -0.2) is 13.2 Å². The highest BCUT2D eigenvalue weighted by molar-refractivity contribution is 5.37. The van der Waals surface area contributed by atoms with E-state index < -0.39 is 0 Å². The summed E-state index contributed by atoms with van der Waals surface area (Å²) in [6.07, 6.45) is 0.929. The molecule has 0 saturated carbocycles. The Bertz CT molecular complexity index is 357. The molecule has 72 valence electrons. The summed E-state index contributed by atoms with van der Waals surface area (Å²) in [6, 6.07) is 10.3. The topological polar surface area (TPSA) is 45.0 Å². The largest absolute Gasteiger partial charge is 0.493 e. The monoisotopic (exact) mass is 188 g/mol. The van der Waals surface area contributed by atoms with Crippen molar-refractivity contribution in [2.24, 2.45) is 0 Å². The predicted molar refractivity (Wildman–Crippen MR) is 52.9 cm³/mol. The van der Waals surface area contributed by atoms with E-state index in [1.807, 2.05) is 24.3 Å². The van der Waals surface area contributed by atoms with Gasteiger partial charge in [-0.25, -0.2) is 0 Å². The SMILES string of the molecule is N#CCNC1CCOc2ccccc21. The molecule has 2 rings (SSSR count). The second-order valence-corrected chi connectivity index (χ2v) is 3.27. The van der Waals surface area contributed by atoms with Gasteiger partial charge in [0.1, 0.15) is 5.75 Å². The van der Waals surface area contributed by atoms with Crippen LogP contribution in [0.15, 0.2) is 24.3 Å². The van der Waals surface area contributed by atoms with Crippen LogP contribution in [0.2, 0.25) is 0 Å². The Labute approximate surface area is 83.3 Å². The summed E-state index contributed by atoms with van der Waals surface area (Å²) in [5.74, 6) is 0.939. The minimum Gasteiger partial charge on any atom is -0.493 e. The summed E-state index contributed by atoms with van der Waals surface area (Å²) in [6.45, 7) is 1.11. The van der Waals surface area contributed by atoms with Crippen LogP contribution in [0.25, 0.3) is 0 Å². The van der Waals surface area contributed by atoms with Crippen LogP contribution in [0.3, 0.4) is 0 Å². The van der Waals surface area contributed by atoms with Crippen molar-refractivity contribution >= 4 is 0 Å². The van der Waals surface area contributed by atoms with Crippen LogP contribution in [0, 0.1) is 11.3 Å². The third-order valence-corrected chi connectivity index (χ3v) is 2.39. The zero-order valence-corrected chi connectivity index (χ0v) is 7.86. The average Bonchev–Trinajstić information content (AvgIpc) is 2.26. The number of nitrogens with one attached hydrogen (secondary N) is 1. The number of hydrogen-bond acceptors (Lipinski definition) is 3. The molecule has 0 aromatic heterocycles. The van der Waals surface area contributed by atoms with Gasteiger partial charge < -0.3 is 4.74 Å². The first kappa shape index (κ1) is 9.04. The molecule has 14 heavy (non-hydrogen) atoms. The molecule has 1 aromatic carbocycles. The fourth-order valence-corrected chi connectivity index (χ4v) is 1.72. The Hall–Kier alpha value is -1.53. The normalized spacial score (nSPS) is 19.2. The first-order valence-electron chi connectivity index (χ1n) is 4.74. The highest BCUT2D eigenvalue weighted by Gasteiger charge is 2.19. The van der Waals surface area contributed by atoms with Crippen LogP contribution in [0.1, 0.15) is 18.0 Å². The third kappa shape index (κ3) is 1.70. The minimum absolute atomic E-state index is 0.264. The van der Waals surface area contributed by atoms with E-state index in [-0.39, 0.29) is 6.04 Å². The molecule has 1 aliphatic heterocycles. The van der Waals surface area contributed by atoms with Crippen LogP contribution < -0.4 is 10.1 Å². The maximum Gasteiger partial charge on any atom is 0.124 e. The summed E-state index contributed by atoms with van der Waals surface area (Å²) in [7, 11) is 0. The molecule has 3 heteroatoms. The van der Waals surface area contributed by atoms with Crippen molar-refractivity contribution < 1.29 is 4.74 Å². The fraction of sp³-hybridized carbons (Fsp3) is 0.364. The van der Waals surface area contributed by atoms with Crippen molar-refractivity contribution in [3.05, 3.63) is 29.8 Å². The standard InChI is InChI=1S/C11H12N2O/c12-6-7-13-10-5-8-14-11-4-2-1-3-9(10)11/h1-4,10,13H,5,7-8H2. The Morgan fingerprint density at radius 2 is 2.36 bits per heavy atom. The summed E-state index contributed by atoms with van der Waals surface area (Å²) in [4.78, 5) is 0. The van der Waals surface area contributed by atoms with E-state index in [1.165, 1.54) is 0 Å². The van der Waals surface area contributed by atoms with E-state index in [1.54, 1.807) is 0 Å². The highest BCUT2D eigenvalue weighted by Crippen LogP contribution is 2.31. The van der Waals surface area contributed by atoms with Crippen molar-refractivity contribution in [3.63, 3.8) is 0 Å². The molecule has 1 aromatic rings. The number of nitrogens with zero attached hydrogens (tertiary/aromatic N) is 1. The van der Waals surface area contributed by atoms with Gasteiger partial charge >= 0.3 is 0 Å². The van der Waals surface area contributed by atoms with E-state index in [4.69, 9.17) is 10.00 Å². The molecule has 0 amide bonds. The molecule has 0 fully saturated rings.